The van der Waals surface area contributed by atoms with Crippen LogP contribution in [0.3, 0.4) is 0 Å². The monoisotopic (exact) mass is 766 g/mol. The van der Waals surface area contributed by atoms with Crippen molar-refractivity contribution in [3.05, 3.63) is 205 Å². The number of hydrogen-bond acceptors (Lipinski definition) is 3. The number of hydrogen-bond donors (Lipinski definition) is 0. The Hall–Kier alpha value is -7.62. The lowest BCUT2D eigenvalue weighted by Gasteiger charge is -2.22. The minimum atomic E-state index is -0.0912. The number of furan rings is 1. The Morgan fingerprint density at radius 1 is 0.367 bits per heavy atom. The van der Waals surface area contributed by atoms with Gasteiger partial charge in [-0.3, -0.25) is 0 Å². The fourth-order valence-corrected chi connectivity index (χ4v) is 9.47. The molecule has 0 saturated carbocycles. The lowest BCUT2D eigenvalue weighted by molar-refractivity contribution is 0.661. The summed E-state index contributed by atoms with van der Waals surface area (Å²) in [5.74, 6) is 0.702. The molecule has 0 aliphatic heterocycles. The van der Waals surface area contributed by atoms with E-state index in [1.165, 1.54) is 54.9 Å². The van der Waals surface area contributed by atoms with E-state index in [0.717, 1.165) is 61.1 Å². The van der Waals surface area contributed by atoms with E-state index >= 15 is 0 Å². The highest BCUT2D eigenvalue weighted by Gasteiger charge is 2.37. The van der Waals surface area contributed by atoms with Gasteiger partial charge in [0.15, 0.2) is 5.82 Å². The maximum absolute atomic E-state index is 6.29. The largest absolute Gasteiger partial charge is 0.456 e. The van der Waals surface area contributed by atoms with Gasteiger partial charge >= 0.3 is 0 Å². The first kappa shape index (κ1) is 34.4. The summed E-state index contributed by atoms with van der Waals surface area (Å²) >= 11 is 0. The van der Waals surface area contributed by atoms with Crippen LogP contribution in [0.15, 0.2) is 199 Å². The first-order valence-electron chi connectivity index (χ1n) is 20.6. The summed E-state index contributed by atoms with van der Waals surface area (Å²) in [6, 6.07) is 69.6. The molecule has 0 fully saturated rings. The van der Waals surface area contributed by atoms with Crippen LogP contribution in [-0.2, 0) is 5.41 Å². The zero-order chi connectivity index (χ0) is 40.0. The molecule has 0 saturated heterocycles. The summed E-state index contributed by atoms with van der Waals surface area (Å²) < 4.78 is 6.29. The van der Waals surface area contributed by atoms with E-state index in [-0.39, 0.29) is 5.41 Å². The molecule has 9 aromatic carbocycles. The number of rotatable bonds is 5. The normalized spacial score (nSPS) is 13.0. The molecule has 0 amide bonds. The van der Waals surface area contributed by atoms with Gasteiger partial charge in [-0.2, -0.15) is 0 Å². The third kappa shape index (κ3) is 5.51. The molecule has 1 aliphatic carbocycles. The third-order valence-corrected chi connectivity index (χ3v) is 12.7. The van der Waals surface area contributed by atoms with Gasteiger partial charge in [-0.1, -0.05) is 166 Å². The molecule has 2 heterocycles. The van der Waals surface area contributed by atoms with E-state index in [4.69, 9.17) is 14.4 Å². The van der Waals surface area contributed by atoms with Gasteiger partial charge in [0.05, 0.1) is 11.4 Å². The van der Waals surface area contributed by atoms with E-state index < -0.39 is 0 Å². The van der Waals surface area contributed by atoms with Crippen molar-refractivity contribution in [1.29, 1.82) is 0 Å². The molecule has 282 valence electrons. The molecule has 2 aromatic heterocycles. The lowest BCUT2D eigenvalue weighted by atomic mass is 9.81. The van der Waals surface area contributed by atoms with Gasteiger partial charge in [0.2, 0.25) is 0 Å². The second kappa shape index (κ2) is 13.2. The van der Waals surface area contributed by atoms with Crippen molar-refractivity contribution in [3.8, 4) is 67.3 Å². The molecule has 3 heteroatoms. The Morgan fingerprint density at radius 2 is 0.933 bits per heavy atom. The highest BCUT2D eigenvalue weighted by molar-refractivity contribution is 6.11. The quantitative estimate of drug-likeness (QED) is 0.175. The fraction of sp³-hybridized carbons (Fsp3) is 0.0526. The Morgan fingerprint density at radius 3 is 1.63 bits per heavy atom. The van der Waals surface area contributed by atoms with Gasteiger partial charge in [0, 0.05) is 32.9 Å². The summed E-state index contributed by atoms with van der Waals surface area (Å²) in [5, 5.41) is 7.20. The number of benzene rings is 9. The van der Waals surface area contributed by atoms with Crippen LogP contribution in [0, 0.1) is 0 Å². The number of fused-ring (bicyclic) bond motifs is 8. The van der Waals surface area contributed by atoms with E-state index in [1.807, 2.05) is 18.2 Å². The molecule has 60 heavy (non-hydrogen) atoms. The Kier molecular flexibility index (Phi) is 7.58. The van der Waals surface area contributed by atoms with Crippen LogP contribution in [0.5, 0.6) is 0 Å². The van der Waals surface area contributed by atoms with Crippen molar-refractivity contribution >= 4 is 43.5 Å². The van der Waals surface area contributed by atoms with Crippen molar-refractivity contribution in [1.82, 2.24) is 9.97 Å². The van der Waals surface area contributed by atoms with Crippen LogP contribution in [0.25, 0.3) is 111 Å². The Balaban J connectivity index is 0.910. The van der Waals surface area contributed by atoms with Gasteiger partial charge in [0.25, 0.3) is 0 Å². The first-order valence-corrected chi connectivity index (χ1v) is 20.6. The van der Waals surface area contributed by atoms with Crippen LogP contribution >= 0.6 is 0 Å². The zero-order valence-electron chi connectivity index (χ0n) is 33.3. The van der Waals surface area contributed by atoms with Crippen LogP contribution in [0.1, 0.15) is 25.0 Å². The summed E-state index contributed by atoms with van der Waals surface area (Å²) in [4.78, 5) is 10.3. The van der Waals surface area contributed by atoms with Crippen LogP contribution in [-0.4, -0.2) is 9.97 Å². The van der Waals surface area contributed by atoms with Gasteiger partial charge in [-0.25, -0.2) is 9.97 Å². The van der Waals surface area contributed by atoms with Gasteiger partial charge in [0.1, 0.15) is 11.2 Å². The molecule has 0 unspecified atom stereocenters. The molecule has 0 spiro atoms. The van der Waals surface area contributed by atoms with Crippen molar-refractivity contribution < 1.29 is 4.42 Å². The predicted octanol–water partition coefficient (Wildman–Crippen LogP) is 15.3. The third-order valence-electron chi connectivity index (χ3n) is 12.7. The van der Waals surface area contributed by atoms with Crippen molar-refractivity contribution in [2.24, 2.45) is 0 Å². The smallest absolute Gasteiger partial charge is 0.160 e. The molecular weight excluding hydrogens is 729 g/mol. The summed E-state index contributed by atoms with van der Waals surface area (Å²) in [6.07, 6.45) is 0. The maximum Gasteiger partial charge on any atom is 0.160 e. The predicted molar refractivity (Wildman–Crippen MR) is 249 cm³/mol. The van der Waals surface area contributed by atoms with Crippen LogP contribution in [0.4, 0.5) is 0 Å². The first-order chi connectivity index (χ1) is 29.4. The van der Waals surface area contributed by atoms with Crippen molar-refractivity contribution in [3.63, 3.8) is 0 Å². The van der Waals surface area contributed by atoms with E-state index in [1.54, 1.807) is 0 Å². The highest BCUT2D eigenvalue weighted by Crippen LogP contribution is 2.53. The maximum atomic E-state index is 6.29. The minimum absolute atomic E-state index is 0.0912. The number of aromatic nitrogens is 2. The summed E-state index contributed by atoms with van der Waals surface area (Å²) in [7, 11) is 0. The molecule has 11 aromatic rings. The lowest BCUT2D eigenvalue weighted by Crippen LogP contribution is -2.14. The van der Waals surface area contributed by atoms with E-state index in [9.17, 15) is 0 Å². The average molecular weight is 767 g/mol. The summed E-state index contributed by atoms with van der Waals surface area (Å²) in [6.45, 7) is 4.71. The number of nitrogens with zero attached hydrogens (tertiary/aromatic N) is 2. The molecule has 3 nitrogen and oxygen atoms in total. The standard InChI is InChI=1S/C57H38N2O/c1-57(2)49-18-10-17-45(55(49)48-31-41-14-6-8-15-42(41)32-50(48)57)36-21-25-38(26-22-36)52-34-51(58-56(59-52)39-11-4-3-5-12-39)37-23-19-35(20-24-37)44-27-28-53-46(30-44)47-29-40-13-7-9-16-43(40)33-54(47)60-53/h3-34H,1-2H3. The molecule has 1 aliphatic rings. The average Bonchev–Trinajstić information content (AvgIpc) is 3.77. The van der Waals surface area contributed by atoms with Gasteiger partial charge in [-0.15, -0.1) is 0 Å². The van der Waals surface area contributed by atoms with Crippen molar-refractivity contribution in [2.75, 3.05) is 0 Å². The SMILES string of the molecule is CC1(C)c2cc3ccccc3cc2-c2c(-c3ccc(-c4cc(-c5ccc(-c6ccc7oc8cc9ccccc9cc8c7c6)cc5)nc(-c5ccccc5)n4)cc3)cccc21. The van der Waals surface area contributed by atoms with E-state index in [0.29, 0.717) is 5.82 Å². The molecule has 0 radical (unpaired) electrons. The van der Waals surface area contributed by atoms with Crippen molar-refractivity contribution in [2.45, 2.75) is 19.3 Å². The summed E-state index contributed by atoms with van der Waals surface area (Å²) in [5.41, 5.74) is 16.7. The van der Waals surface area contributed by atoms with Gasteiger partial charge in [-0.05, 0) is 109 Å². The van der Waals surface area contributed by atoms with Crippen LogP contribution in [0.2, 0.25) is 0 Å². The van der Waals surface area contributed by atoms with Gasteiger partial charge < -0.3 is 4.42 Å². The second-order valence-electron chi connectivity index (χ2n) is 16.6. The molecule has 0 N–H and O–H groups in total. The second-order valence-corrected chi connectivity index (χ2v) is 16.6. The molecule has 12 rings (SSSR count). The van der Waals surface area contributed by atoms with Crippen LogP contribution < -0.4 is 0 Å². The topological polar surface area (TPSA) is 38.9 Å². The fourth-order valence-electron chi connectivity index (χ4n) is 9.47. The minimum Gasteiger partial charge on any atom is -0.456 e. The molecule has 0 atom stereocenters. The zero-order valence-corrected chi connectivity index (χ0v) is 33.3. The Bertz CT molecular complexity index is 3490. The molecule has 0 bridgehead atoms. The van der Waals surface area contributed by atoms with E-state index in [2.05, 4.69) is 190 Å². The highest BCUT2D eigenvalue weighted by atomic mass is 16.3. The Labute approximate surface area is 348 Å². The molecular formula is C57H38N2O.